The Kier molecular flexibility index (Phi) is 4.66. The van der Waals surface area contributed by atoms with Gasteiger partial charge in [0.25, 0.3) is 0 Å². The molecule has 0 radical (unpaired) electrons. The molecule has 0 saturated carbocycles. The minimum atomic E-state index is -0.657. The minimum absolute atomic E-state index is 0.152. The average Bonchev–Trinajstić information content (AvgIpc) is 2.27. The average molecular weight is 237 g/mol. The predicted octanol–water partition coefficient (Wildman–Crippen LogP) is 1.47. The molecule has 1 aromatic rings. The quantitative estimate of drug-likeness (QED) is 0.788. The smallest absolute Gasteiger partial charge is 0.185 e. The summed E-state index contributed by atoms with van der Waals surface area (Å²) in [6, 6.07) is 3.12. The normalized spacial score (nSPS) is 12.3. The van der Waals surface area contributed by atoms with Crippen LogP contribution in [0.3, 0.4) is 0 Å². The highest BCUT2D eigenvalue weighted by molar-refractivity contribution is 6.03. The molecule has 0 heterocycles. The molecule has 4 nitrogen and oxygen atoms in total. The van der Waals surface area contributed by atoms with Crippen molar-refractivity contribution in [3.8, 4) is 5.75 Å². The first-order valence-electron chi connectivity index (χ1n) is 5.45. The maximum Gasteiger partial charge on any atom is 0.185 e. The van der Waals surface area contributed by atoms with Gasteiger partial charge in [-0.1, -0.05) is 6.07 Å². The van der Waals surface area contributed by atoms with Crippen LogP contribution < -0.4 is 10.5 Å². The lowest BCUT2D eigenvalue weighted by Crippen LogP contribution is -2.35. The van der Waals surface area contributed by atoms with E-state index in [9.17, 15) is 4.79 Å². The number of Topliss-reactive ketones (excluding diaryl/α,β-unsaturated/α-hetero) is 1. The lowest BCUT2D eigenvalue weighted by atomic mass is 9.97. The lowest BCUT2D eigenvalue weighted by molar-refractivity contribution is 0.0889. The van der Waals surface area contributed by atoms with Crippen molar-refractivity contribution in [1.82, 2.24) is 0 Å². The van der Waals surface area contributed by atoms with Gasteiger partial charge in [0.1, 0.15) is 5.75 Å². The van der Waals surface area contributed by atoms with E-state index >= 15 is 0 Å². The van der Waals surface area contributed by atoms with E-state index in [2.05, 4.69) is 0 Å². The molecule has 2 N–H and O–H groups in total. The van der Waals surface area contributed by atoms with Crippen LogP contribution in [0.25, 0.3) is 0 Å². The fourth-order valence-corrected chi connectivity index (χ4v) is 1.85. The topological polar surface area (TPSA) is 61.5 Å². The second kappa shape index (κ2) is 5.80. The first kappa shape index (κ1) is 13.7. The van der Waals surface area contributed by atoms with Crippen molar-refractivity contribution in [2.24, 2.45) is 5.73 Å². The Hall–Kier alpha value is -1.39. The summed E-state index contributed by atoms with van der Waals surface area (Å²) in [7, 11) is 3.07. The molecule has 0 amide bonds. The summed E-state index contributed by atoms with van der Waals surface area (Å²) in [6.07, 6.45) is 0. The van der Waals surface area contributed by atoms with E-state index in [1.54, 1.807) is 7.11 Å². The van der Waals surface area contributed by atoms with Gasteiger partial charge in [-0.15, -0.1) is 0 Å². The summed E-state index contributed by atoms with van der Waals surface area (Å²) in [5, 5.41) is 0. The molecular weight excluding hydrogens is 218 g/mol. The molecule has 0 aliphatic carbocycles. The Balaban J connectivity index is 3.16. The van der Waals surface area contributed by atoms with Gasteiger partial charge in [0.05, 0.1) is 25.3 Å². The van der Waals surface area contributed by atoms with E-state index in [1.165, 1.54) is 7.11 Å². The molecule has 4 heteroatoms. The highest BCUT2D eigenvalue weighted by atomic mass is 16.5. The van der Waals surface area contributed by atoms with E-state index < -0.39 is 6.04 Å². The SMILES string of the molecule is COCC(N)C(=O)c1c(C)cc(C)cc1OC. The molecule has 0 aromatic heterocycles. The number of methoxy groups -OCH3 is 2. The molecule has 0 saturated heterocycles. The van der Waals surface area contributed by atoms with Crippen LogP contribution in [-0.2, 0) is 4.74 Å². The van der Waals surface area contributed by atoms with Gasteiger partial charge in [-0.3, -0.25) is 4.79 Å². The summed E-state index contributed by atoms with van der Waals surface area (Å²) < 4.78 is 10.1. The maximum atomic E-state index is 12.2. The van der Waals surface area contributed by atoms with Gasteiger partial charge >= 0.3 is 0 Å². The number of nitrogens with two attached hydrogens (primary N) is 1. The van der Waals surface area contributed by atoms with E-state index in [0.717, 1.165) is 11.1 Å². The van der Waals surface area contributed by atoms with Gasteiger partial charge in [-0.25, -0.2) is 0 Å². The lowest BCUT2D eigenvalue weighted by Gasteiger charge is -2.15. The van der Waals surface area contributed by atoms with E-state index in [-0.39, 0.29) is 12.4 Å². The summed E-state index contributed by atoms with van der Waals surface area (Å²) in [4.78, 5) is 12.2. The summed E-state index contributed by atoms with van der Waals surface area (Å²) >= 11 is 0. The fraction of sp³-hybridized carbons (Fsp3) is 0.462. The molecule has 1 unspecified atom stereocenters. The number of carbonyl (C=O) groups excluding carboxylic acids is 1. The maximum absolute atomic E-state index is 12.2. The van der Waals surface area contributed by atoms with Crippen LogP contribution >= 0.6 is 0 Å². The van der Waals surface area contributed by atoms with Crippen LogP contribution in [-0.4, -0.2) is 32.7 Å². The van der Waals surface area contributed by atoms with Crippen LogP contribution in [0.1, 0.15) is 21.5 Å². The third-order valence-corrected chi connectivity index (χ3v) is 2.59. The summed E-state index contributed by atoms with van der Waals surface area (Å²) in [5.74, 6) is 0.417. The van der Waals surface area contributed by atoms with E-state index in [1.807, 2.05) is 26.0 Å². The van der Waals surface area contributed by atoms with Gasteiger partial charge in [0.15, 0.2) is 5.78 Å². The van der Waals surface area contributed by atoms with Crippen LogP contribution in [0, 0.1) is 13.8 Å². The molecule has 0 aliphatic rings. The largest absolute Gasteiger partial charge is 0.496 e. The number of ether oxygens (including phenoxy) is 2. The van der Waals surface area contributed by atoms with Crippen LogP contribution in [0.15, 0.2) is 12.1 Å². The van der Waals surface area contributed by atoms with Crippen molar-refractivity contribution in [2.75, 3.05) is 20.8 Å². The van der Waals surface area contributed by atoms with E-state index in [4.69, 9.17) is 15.2 Å². The molecule has 94 valence electrons. The Morgan fingerprint density at radius 1 is 1.35 bits per heavy atom. The van der Waals surface area contributed by atoms with Gasteiger partial charge in [-0.2, -0.15) is 0 Å². The molecule has 0 bridgehead atoms. The third-order valence-electron chi connectivity index (χ3n) is 2.59. The first-order chi connectivity index (χ1) is 8.01. The number of benzene rings is 1. The number of hydrogen-bond acceptors (Lipinski definition) is 4. The highest BCUT2D eigenvalue weighted by Crippen LogP contribution is 2.25. The van der Waals surface area contributed by atoms with E-state index in [0.29, 0.717) is 11.3 Å². The minimum Gasteiger partial charge on any atom is -0.496 e. The predicted molar refractivity (Wildman–Crippen MR) is 66.6 cm³/mol. The zero-order chi connectivity index (χ0) is 13.0. The van der Waals surface area contributed by atoms with Crippen molar-refractivity contribution in [2.45, 2.75) is 19.9 Å². The first-order valence-corrected chi connectivity index (χ1v) is 5.45. The Bertz CT molecular complexity index is 415. The van der Waals surface area contributed by atoms with Crippen LogP contribution in [0.5, 0.6) is 5.75 Å². The Morgan fingerprint density at radius 3 is 2.53 bits per heavy atom. The fourth-order valence-electron chi connectivity index (χ4n) is 1.85. The second-order valence-electron chi connectivity index (χ2n) is 4.09. The summed E-state index contributed by atoms with van der Waals surface area (Å²) in [6.45, 7) is 4.04. The Morgan fingerprint density at radius 2 is 2.00 bits per heavy atom. The molecule has 0 fully saturated rings. The molecule has 0 aliphatic heterocycles. The third kappa shape index (κ3) is 3.05. The second-order valence-corrected chi connectivity index (χ2v) is 4.09. The molecule has 1 atom stereocenters. The van der Waals surface area contributed by atoms with Gasteiger partial charge < -0.3 is 15.2 Å². The highest BCUT2D eigenvalue weighted by Gasteiger charge is 2.21. The number of carbonyl (C=O) groups is 1. The molecular formula is C13H19NO3. The zero-order valence-corrected chi connectivity index (χ0v) is 10.7. The molecule has 1 aromatic carbocycles. The van der Waals surface area contributed by atoms with Gasteiger partial charge in [0.2, 0.25) is 0 Å². The Labute approximate surface area is 102 Å². The monoisotopic (exact) mass is 237 g/mol. The van der Waals surface area contributed by atoms with Crippen molar-refractivity contribution in [3.63, 3.8) is 0 Å². The van der Waals surface area contributed by atoms with Crippen LogP contribution in [0.4, 0.5) is 0 Å². The van der Waals surface area contributed by atoms with Crippen molar-refractivity contribution in [1.29, 1.82) is 0 Å². The molecule has 17 heavy (non-hydrogen) atoms. The number of ketones is 1. The van der Waals surface area contributed by atoms with Crippen molar-refractivity contribution >= 4 is 5.78 Å². The van der Waals surface area contributed by atoms with Gasteiger partial charge in [0, 0.05) is 7.11 Å². The molecule has 0 spiro atoms. The number of hydrogen-bond donors (Lipinski definition) is 1. The van der Waals surface area contributed by atoms with Crippen molar-refractivity contribution in [3.05, 3.63) is 28.8 Å². The number of rotatable bonds is 5. The van der Waals surface area contributed by atoms with Crippen molar-refractivity contribution < 1.29 is 14.3 Å². The number of aryl methyl sites for hydroxylation is 2. The molecule has 1 rings (SSSR count). The van der Waals surface area contributed by atoms with Crippen LogP contribution in [0.2, 0.25) is 0 Å². The zero-order valence-electron chi connectivity index (χ0n) is 10.7. The standard InChI is InChI=1S/C13H19NO3/c1-8-5-9(2)12(11(6-8)17-4)13(15)10(14)7-16-3/h5-6,10H,7,14H2,1-4H3. The summed E-state index contributed by atoms with van der Waals surface area (Å²) in [5.41, 5.74) is 8.23. The van der Waals surface area contributed by atoms with Gasteiger partial charge in [-0.05, 0) is 31.0 Å².